The second-order valence-electron chi connectivity index (χ2n) is 6.19. The van der Waals surface area contributed by atoms with Gasteiger partial charge in [0.05, 0.1) is 17.7 Å². The molecule has 138 valence electrons. The molecule has 0 bridgehead atoms. The summed E-state index contributed by atoms with van der Waals surface area (Å²) in [5.74, 6) is 0.547. The molecule has 0 aliphatic carbocycles. The number of nitrogens with zero attached hydrogens (tertiary/aromatic N) is 1. The summed E-state index contributed by atoms with van der Waals surface area (Å²) >= 11 is 0. The topological polar surface area (TPSA) is 79.6 Å². The van der Waals surface area contributed by atoms with E-state index in [1.165, 1.54) is 24.8 Å². The fourth-order valence-electron chi connectivity index (χ4n) is 2.81. The number of amides is 1. The third-order valence-electron chi connectivity index (χ3n) is 4.29. The molecule has 0 atom stereocenters. The molecule has 1 amide bonds. The quantitative estimate of drug-likeness (QED) is 0.789. The summed E-state index contributed by atoms with van der Waals surface area (Å²) in [5.41, 5.74) is 0.778. The molecule has 1 fully saturated rings. The van der Waals surface area contributed by atoms with Crippen LogP contribution in [0.4, 0.5) is 0 Å². The molecule has 1 aromatic heterocycles. The second kappa shape index (κ2) is 8.33. The second-order valence-corrected chi connectivity index (χ2v) is 7.96. The molecule has 2 heterocycles. The van der Waals surface area contributed by atoms with E-state index in [4.69, 9.17) is 4.42 Å². The molecular weight excluding hydrogens is 352 g/mol. The molecule has 0 spiro atoms. The van der Waals surface area contributed by atoms with Crippen molar-refractivity contribution in [3.05, 3.63) is 60.1 Å². The van der Waals surface area contributed by atoms with Gasteiger partial charge < -0.3 is 9.32 Å². The van der Waals surface area contributed by atoms with Gasteiger partial charge in [0.25, 0.3) is 0 Å². The molecule has 0 unspecified atom stereocenters. The number of piperidine rings is 1. The Morgan fingerprint density at radius 3 is 2.50 bits per heavy atom. The first-order valence-electron chi connectivity index (χ1n) is 8.64. The fourth-order valence-corrected chi connectivity index (χ4v) is 3.80. The third kappa shape index (κ3) is 4.83. The first-order valence-corrected chi connectivity index (χ1v) is 10.1. The number of hydrogen-bond donors (Lipinski definition) is 1. The zero-order valence-corrected chi connectivity index (χ0v) is 15.2. The molecule has 2 aromatic rings. The highest BCUT2D eigenvalue weighted by Gasteiger charge is 2.15. The monoisotopic (exact) mass is 374 g/mol. The van der Waals surface area contributed by atoms with Gasteiger partial charge in [0, 0.05) is 19.2 Å². The average Bonchev–Trinajstić information content (AvgIpc) is 3.19. The van der Waals surface area contributed by atoms with Gasteiger partial charge in [-0.1, -0.05) is 12.1 Å². The van der Waals surface area contributed by atoms with Crippen molar-refractivity contribution in [2.75, 3.05) is 13.1 Å². The van der Waals surface area contributed by atoms with Crippen LogP contribution in [0.1, 0.15) is 30.6 Å². The smallest absolute Gasteiger partial charge is 0.246 e. The first kappa shape index (κ1) is 18.4. The number of carbonyl (C=O) groups excluding carboxylic acids is 1. The maximum Gasteiger partial charge on any atom is 0.246 e. The average molecular weight is 374 g/mol. The Bertz CT molecular complexity index is 849. The van der Waals surface area contributed by atoms with Crippen molar-refractivity contribution in [2.45, 2.75) is 30.7 Å². The van der Waals surface area contributed by atoms with Crippen LogP contribution in [0.2, 0.25) is 0 Å². The van der Waals surface area contributed by atoms with Crippen LogP contribution in [-0.4, -0.2) is 32.3 Å². The molecule has 1 aliphatic heterocycles. The zero-order valence-electron chi connectivity index (χ0n) is 14.4. The number of carbonyl (C=O) groups is 1. The van der Waals surface area contributed by atoms with E-state index in [1.54, 1.807) is 36.4 Å². The summed E-state index contributed by atoms with van der Waals surface area (Å²) in [6, 6.07) is 9.82. The Hall–Kier alpha value is -2.38. The van der Waals surface area contributed by atoms with Crippen LogP contribution in [0.15, 0.2) is 58.1 Å². The van der Waals surface area contributed by atoms with E-state index in [2.05, 4.69) is 4.72 Å². The van der Waals surface area contributed by atoms with E-state index in [1.807, 2.05) is 4.90 Å². The number of rotatable bonds is 6. The fraction of sp³-hybridized carbons (Fsp3) is 0.316. The normalized spacial score (nSPS) is 15.5. The van der Waals surface area contributed by atoms with Crippen molar-refractivity contribution in [3.8, 4) is 0 Å². The summed E-state index contributed by atoms with van der Waals surface area (Å²) in [5, 5.41) is 0. The lowest BCUT2D eigenvalue weighted by Gasteiger charge is -2.25. The maximum absolute atomic E-state index is 12.3. The summed E-state index contributed by atoms with van der Waals surface area (Å²) in [6.45, 7) is 1.71. The van der Waals surface area contributed by atoms with Crippen molar-refractivity contribution in [2.24, 2.45) is 0 Å². The Balaban J connectivity index is 1.60. The van der Waals surface area contributed by atoms with Gasteiger partial charge in [-0.15, -0.1) is 0 Å². The first-order chi connectivity index (χ1) is 12.5. The highest BCUT2D eigenvalue weighted by atomic mass is 32.2. The molecule has 26 heavy (non-hydrogen) atoms. The van der Waals surface area contributed by atoms with Crippen LogP contribution in [0.5, 0.6) is 0 Å². The van der Waals surface area contributed by atoms with E-state index in [0.717, 1.165) is 31.5 Å². The molecule has 0 saturated carbocycles. The van der Waals surface area contributed by atoms with Crippen LogP contribution >= 0.6 is 0 Å². The van der Waals surface area contributed by atoms with Crippen molar-refractivity contribution in [3.63, 3.8) is 0 Å². The largest absolute Gasteiger partial charge is 0.468 e. The van der Waals surface area contributed by atoms with Gasteiger partial charge in [-0.25, -0.2) is 13.1 Å². The van der Waals surface area contributed by atoms with Crippen molar-refractivity contribution in [1.82, 2.24) is 9.62 Å². The number of nitrogens with one attached hydrogen (secondary N) is 1. The molecule has 1 saturated heterocycles. The molecule has 1 aliphatic rings. The van der Waals surface area contributed by atoms with E-state index in [0.29, 0.717) is 5.76 Å². The lowest BCUT2D eigenvalue weighted by atomic mass is 10.1. The van der Waals surface area contributed by atoms with Gasteiger partial charge in [-0.2, -0.15) is 0 Å². The van der Waals surface area contributed by atoms with E-state index in [9.17, 15) is 13.2 Å². The Labute approximate surface area is 153 Å². The van der Waals surface area contributed by atoms with Gasteiger partial charge in [-0.3, -0.25) is 4.79 Å². The van der Waals surface area contributed by atoms with Crippen molar-refractivity contribution < 1.29 is 17.6 Å². The molecule has 0 radical (unpaired) electrons. The van der Waals surface area contributed by atoms with Crippen LogP contribution in [0.3, 0.4) is 0 Å². The van der Waals surface area contributed by atoms with Crippen LogP contribution in [0.25, 0.3) is 6.08 Å². The molecule has 3 rings (SSSR count). The van der Waals surface area contributed by atoms with E-state index in [-0.39, 0.29) is 17.3 Å². The minimum absolute atomic E-state index is 0.00140. The molecule has 7 heteroatoms. The molecule has 1 aromatic carbocycles. The van der Waals surface area contributed by atoms with Gasteiger partial charge in [0.15, 0.2) is 0 Å². The van der Waals surface area contributed by atoms with Crippen LogP contribution in [0, 0.1) is 0 Å². The van der Waals surface area contributed by atoms with Gasteiger partial charge in [-0.05, 0) is 55.2 Å². The number of hydrogen-bond acceptors (Lipinski definition) is 4. The summed E-state index contributed by atoms with van der Waals surface area (Å²) < 4.78 is 32.2. The van der Waals surface area contributed by atoms with E-state index < -0.39 is 10.0 Å². The van der Waals surface area contributed by atoms with Crippen molar-refractivity contribution >= 4 is 22.0 Å². The number of furan rings is 1. The highest BCUT2D eigenvalue weighted by molar-refractivity contribution is 7.89. The number of benzene rings is 1. The number of sulfonamides is 1. The predicted molar refractivity (Wildman–Crippen MR) is 98.6 cm³/mol. The van der Waals surface area contributed by atoms with Gasteiger partial charge >= 0.3 is 0 Å². The summed E-state index contributed by atoms with van der Waals surface area (Å²) in [6.07, 6.45) is 8.04. The van der Waals surface area contributed by atoms with Crippen LogP contribution < -0.4 is 4.72 Å². The zero-order chi connectivity index (χ0) is 18.4. The van der Waals surface area contributed by atoms with Gasteiger partial charge in [0.2, 0.25) is 15.9 Å². The SMILES string of the molecule is O=C(/C=C/c1ccc(S(=O)(=O)NCc2ccco2)cc1)N1CCCCC1. The molecule has 1 N–H and O–H groups in total. The predicted octanol–water partition coefficient (Wildman–Crippen LogP) is 2.78. The number of likely N-dealkylation sites (tertiary alicyclic amines) is 1. The lowest BCUT2D eigenvalue weighted by molar-refractivity contribution is -0.126. The highest BCUT2D eigenvalue weighted by Crippen LogP contribution is 2.14. The third-order valence-corrected chi connectivity index (χ3v) is 5.71. The van der Waals surface area contributed by atoms with E-state index >= 15 is 0 Å². The maximum atomic E-state index is 12.3. The summed E-state index contributed by atoms with van der Waals surface area (Å²) in [4.78, 5) is 14.1. The standard InChI is InChI=1S/C19H22N2O4S/c22-19(21-12-2-1-3-13-21)11-8-16-6-9-18(10-7-16)26(23,24)20-15-17-5-4-14-25-17/h4-11,14,20H,1-3,12-13,15H2/b11-8+. The summed E-state index contributed by atoms with van der Waals surface area (Å²) in [7, 11) is -3.61. The molecular formula is C19H22N2O4S. The lowest BCUT2D eigenvalue weighted by Crippen LogP contribution is -2.34. The minimum Gasteiger partial charge on any atom is -0.468 e. The molecule has 6 nitrogen and oxygen atoms in total. The van der Waals surface area contributed by atoms with Crippen molar-refractivity contribution in [1.29, 1.82) is 0 Å². The van der Waals surface area contributed by atoms with Gasteiger partial charge in [0.1, 0.15) is 5.76 Å². The Morgan fingerprint density at radius 2 is 1.85 bits per heavy atom. The minimum atomic E-state index is -3.61. The Kier molecular flexibility index (Phi) is 5.90. The van der Waals surface area contributed by atoms with Crippen LogP contribution in [-0.2, 0) is 21.4 Å². The Morgan fingerprint density at radius 1 is 1.12 bits per heavy atom.